The number of nitrogens with one attached hydrogen (secondary N) is 1. The number of rotatable bonds is 6. The van der Waals surface area contributed by atoms with Crippen LogP contribution in [0.15, 0.2) is 58.8 Å². The van der Waals surface area contributed by atoms with Crippen molar-refractivity contribution in [3.63, 3.8) is 0 Å². The van der Waals surface area contributed by atoms with E-state index in [2.05, 4.69) is 26.8 Å². The molecule has 0 unspecified atom stereocenters. The SMILES string of the molecule is CN(C)[C@H](CNc1cnn(-c2ccccc2)c(=O)c1Cl)c1cccs1. The van der Waals surface area contributed by atoms with E-state index in [1.54, 1.807) is 17.5 Å². The van der Waals surface area contributed by atoms with Crippen molar-refractivity contribution in [3.8, 4) is 5.69 Å². The van der Waals surface area contributed by atoms with Crippen LogP contribution < -0.4 is 10.9 Å². The molecule has 3 rings (SSSR count). The molecule has 25 heavy (non-hydrogen) atoms. The predicted molar refractivity (Wildman–Crippen MR) is 104 cm³/mol. The fourth-order valence-electron chi connectivity index (χ4n) is 2.53. The van der Waals surface area contributed by atoms with Gasteiger partial charge in [0.25, 0.3) is 5.56 Å². The van der Waals surface area contributed by atoms with Gasteiger partial charge < -0.3 is 10.2 Å². The summed E-state index contributed by atoms with van der Waals surface area (Å²) in [5.74, 6) is 0. The van der Waals surface area contributed by atoms with E-state index in [4.69, 9.17) is 11.6 Å². The fraction of sp³-hybridized carbons (Fsp3) is 0.222. The minimum Gasteiger partial charge on any atom is -0.380 e. The largest absolute Gasteiger partial charge is 0.380 e. The van der Waals surface area contributed by atoms with Crippen molar-refractivity contribution in [2.75, 3.05) is 26.0 Å². The van der Waals surface area contributed by atoms with Crippen LogP contribution in [0.25, 0.3) is 5.69 Å². The quantitative estimate of drug-likeness (QED) is 0.715. The van der Waals surface area contributed by atoms with E-state index in [9.17, 15) is 4.79 Å². The molecule has 2 heterocycles. The summed E-state index contributed by atoms with van der Waals surface area (Å²) in [6.45, 7) is 0.629. The van der Waals surface area contributed by atoms with Gasteiger partial charge in [-0.2, -0.15) is 9.78 Å². The molecule has 0 amide bonds. The molecule has 3 aromatic rings. The number of hydrogen-bond acceptors (Lipinski definition) is 5. The molecule has 0 fully saturated rings. The van der Waals surface area contributed by atoms with E-state index < -0.39 is 0 Å². The van der Waals surface area contributed by atoms with Gasteiger partial charge in [0.15, 0.2) is 0 Å². The highest BCUT2D eigenvalue weighted by molar-refractivity contribution is 7.10. The minimum absolute atomic E-state index is 0.141. The van der Waals surface area contributed by atoms with Gasteiger partial charge in [-0.1, -0.05) is 35.9 Å². The van der Waals surface area contributed by atoms with Crippen LogP contribution in [0.4, 0.5) is 5.69 Å². The second kappa shape index (κ2) is 7.82. The number of benzene rings is 1. The molecule has 130 valence electrons. The second-order valence-electron chi connectivity index (χ2n) is 5.80. The summed E-state index contributed by atoms with van der Waals surface area (Å²) in [6.07, 6.45) is 1.60. The summed E-state index contributed by atoms with van der Waals surface area (Å²) in [5.41, 5.74) is 0.892. The Balaban J connectivity index is 1.82. The monoisotopic (exact) mass is 374 g/mol. The number of thiophene rings is 1. The topological polar surface area (TPSA) is 50.2 Å². The Morgan fingerprint density at radius 3 is 2.64 bits per heavy atom. The highest BCUT2D eigenvalue weighted by Crippen LogP contribution is 2.25. The zero-order valence-electron chi connectivity index (χ0n) is 14.0. The number of para-hydroxylation sites is 1. The lowest BCUT2D eigenvalue weighted by Crippen LogP contribution is -2.28. The standard InChI is InChI=1S/C18H19ClN4OS/c1-22(2)15(16-9-6-10-25-16)12-20-14-11-21-23(18(24)17(14)19)13-7-4-3-5-8-13/h3-11,15,20H,12H2,1-2H3/t15-/m1/s1. The first-order chi connectivity index (χ1) is 12.1. The molecule has 1 N–H and O–H groups in total. The van der Waals surface area contributed by atoms with Crippen molar-refractivity contribution in [3.05, 3.63) is 74.3 Å². The first kappa shape index (κ1) is 17.7. The van der Waals surface area contributed by atoms with Gasteiger partial charge in [0.2, 0.25) is 0 Å². The Morgan fingerprint density at radius 1 is 1.24 bits per heavy atom. The highest BCUT2D eigenvalue weighted by Gasteiger charge is 2.17. The van der Waals surface area contributed by atoms with Crippen LogP contribution in [0.2, 0.25) is 5.02 Å². The van der Waals surface area contributed by atoms with Crippen LogP contribution in [-0.4, -0.2) is 35.3 Å². The Bertz CT molecular complexity index is 878. The molecule has 0 spiro atoms. The molecule has 0 saturated carbocycles. The molecule has 0 aliphatic carbocycles. The Kier molecular flexibility index (Phi) is 5.53. The minimum atomic E-state index is -0.338. The zero-order valence-corrected chi connectivity index (χ0v) is 15.6. The number of halogens is 1. The predicted octanol–water partition coefficient (Wildman–Crippen LogP) is 3.66. The average molecular weight is 375 g/mol. The maximum absolute atomic E-state index is 12.5. The van der Waals surface area contributed by atoms with Crippen LogP contribution >= 0.6 is 22.9 Å². The van der Waals surface area contributed by atoms with E-state index >= 15 is 0 Å². The van der Waals surface area contributed by atoms with Gasteiger partial charge in [-0.05, 0) is 37.7 Å². The Morgan fingerprint density at radius 2 is 2.00 bits per heavy atom. The van der Waals surface area contributed by atoms with Gasteiger partial charge >= 0.3 is 0 Å². The molecule has 2 aromatic heterocycles. The fourth-order valence-corrected chi connectivity index (χ4v) is 3.65. The van der Waals surface area contributed by atoms with Gasteiger partial charge in [-0.15, -0.1) is 11.3 Å². The summed E-state index contributed by atoms with van der Waals surface area (Å²) in [6, 6.07) is 13.5. The summed E-state index contributed by atoms with van der Waals surface area (Å²) in [4.78, 5) is 15.9. The molecule has 1 atom stereocenters. The van der Waals surface area contributed by atoms with E-state index in [1.807, 2.05) is 50.5 Å². The third-order valence-electron chi connectivity index (χ3n) is 3.90. The summed E-state index contributed by atoms with van der Waals surface area (Å²) in [5, 5.41) is 9.70. The van der Waals surface area contributed by atoms with E-state index in [0.29, 0.717) is 17.9 Å². The second-order valence-corrected chi connectivity index (χ2v) is 7.16. The first-order valence-electron chi connectivity index (χ1n) is 7.85. The molecule has 0 aliphatic heterocycles. The molecule has 0 bridgehead atoms. The van der Waals surface area contributed by atoms with Crippen LogP contribution in [0.5, 0.6) is 0 Å². The smallest absolute Gasteiger partial charge is 0.292 e. The molecule has 0 radical (unpaired) electrons. The van der Waals surface area contributed by atoms with Gasteiger partial charge in [-0.25, -0.2) is 0 Å². The van der Waals surface area contributed by atoms with Crippen LogP contribution in [0.3, 0.4) is 0 Å². The molecule has 0 aliphatic rings. The number of hydrogen-bond donors (Lipinski definition) is 1. The third-order valence-corrected chi connectivity index (χ3v) is 5.24. The molecule has 7 heteroatoms. The zero-order chi connectivity index (χ0) is 17.8. The van der Waals surface area contributed by atoms with Crippen molar-refractivity contribution in [2.45, 2.75) is 6.04 Å². The van der Waals surface area contributed by atoms with Crippen molar-refractivity contribution in [1.82, 2.24) is 14.7 Å². The number of anilines is 1. The molecule has 0 saturated heterocycles. The van der Waals surface area contributed by atoms with Crippen molar-refractivity contribution >= 4 is 28.6 Å². The summed E-state index contributed by atoms with van der Waals surface area (Å²) in [7, 11) is 4.05. The third kappa shape index (κ3) is 3.92. The normalized spacial score (nSPS) is 12.3. The number of aromatic nitrogens is 2. The van der Waals surface area contributed by atoms with E-state index in [1.165, 1.54) is 9.56 Å². The maximum atomic E-state index is 12.5. The van der Waals surface area contributed by atoms with Gasteiger partial charge in [0, 0.05) is 11.4 Å². The lowest BCUT2D eigenvalue weighted by atomic mass is 10.2. The van der Waals surface area contributed by atoms with Crippen molar-refractivity contribution in [1.29, 1.82) is 0 Å². The van der Waals surface area contributed by atoms with Crippen LogP contribution in [0, 0.1) is 0 Å². The van der Waals surface area contributed by atoms with E-state index in [0.717, 1.165) is 0 Å². The maximum Gasteiger partial charge on any atom is 0.292 e. The molecule has 5 nitrogen and oxygen atoms in total. The van der Waals surface area contributed by atoms with Crippen molar-refractivity contribution < 1.29 is 0 Å². The summed E-state index contributed by atoms with van der Waals surface area (Å²) < 4.78 is 1.30. The van der Waals surface area contributed by atoms with Gasteiger partial charge in [0.1, 0.15) is 5.02 Å². The number of likely N-dealkylation sites (N-methyl/N-ethyl adjacent to an activating group) is 1. The van der Waals surface area contributed by atoms with Crippen molar-refractivity contribution in [2.24, 2.45) is 0 Å². The number of nitrogens with zero attached hydrogens (tertiary/aromatic N) is 3. The summed E-state index contributed by atoms with van der Waals surface area (Å²) >= 11 is 7.99. The van der Waals surface area contributed by atoms with E-state index in [-0.39, 0.29) is 16.6 Å². The van der Waals surface area contributed by atoms with Gasteiger partial charge in [0.05, 0.1) is 23.6 Å². The molecular weight excluding hydrogens is 356 g/mol. The highest BCUT2D eigenvalue weighted by atomic mass is 35.5. The lowest BCUT2D eigenvalue weighted by Gasteiger charge is -2.24. The Hall–Kier alpha value is -2.15. The average Bonchev–Trinajstić information content (AvgIpc) is 3.13. The van der Waals surface area contributed by atoms with Crippen LogP contribution in [-0.2, 0) is 0 Å². The lowest BCUT2D eigenvalue weighted by molar-refractivity contribution is 0.316. The van der Waals surface area contributed by atoms with Crippen LogP contribution in [0.1, 0.15) is 10.9 Å². The molecule has 1 aromatic carbocycles. The Labute approximate surface area is 155 Å². The first-order valence-corrected chi connectivity index (χ1v) is 9.10. The van der Waals surface area contributed by atoms with Gasteiger partial charge in [-0.3, -0.25) is 4.79 Å². The molecular formula is C18H19ClN4OS.